The number of hydrogen-bond donors (Lipinski definition) is 2. The van der Waals surface area contributed by atoms with Gasteiger partial charge in [-0.15, -0.1) is 0 Å². The molecular weight excluding hydrogens is 162 g/mol. The number of hydrogen-bond acceptors (Lipinski definition) is 2. The summed E-state index contributed by atoms with van der Waals surface area (Å²) in [6.07, 6.45) is 4.67. The summed E-state index contributed by atoms with van der Waals surface area (Å²) in [6.45, 7) is 2.00. The second-order valence-corrected chi connectivity index (χ2v) is 3.39. The average molecular weight is 175 g/mol. The van der Waals surface area contributed by atoms with Crippen molar-refractivity contribution >= 4 is 11.0 Å². The van der Waals surface area contributed by atoms with Gasteiger partial charge in [-0.2, -0.15) is 0 Å². The molecule has 0 bridgehead atoms. The van der Waals surface area contributed by atoms with Crippen molar-refractivity contribution in [1.82, 2.24) is 9.97 Å². The van der Waals surface area contributed by atoms with E-state index in [2.05, 4.69) is 9.97 Å². The van der Waals surface area contributed by atoms with E-state index in [1.54, 1.807) is 6.20 Å². The summed E-state index contributed by atoms with van der Waals surface area (Å²) in [5, 5.41) is 0. The molecule has 0 aliphatic carbocycles. The van der Waals surface area contributed by atoms with Crippen LogP contribution in [0.4, 0.5) is 0 Å². The number of nitrogens with two attached hydrogens (primary N) is 1. The van der Waals surface area contributed by atoms with Gasteiger partial charge in [0.15, 0.2) is 0 Å². The highest BCUT2D eigenvalue weighted by Crippen LogP contribution is 2.15. The van der Waals surface area contributed by atoms with E-state index in [1.807, 2.05) is 25.3 Å². The molecule has 2 aromatic heterocycles. The van der Waals surface area contributed by atoms with E-state index >= 15 is 0 Å². The van der Waals surface area contributed by atoms with Crippen LogP contribution < -0.4 is 5.73 Å². The zero-order valence-corrected chi connectivity index (χ0v) is 7.62. The highest BCUT2D eigenvalue weighted by molar-refractivity contribution is 5.78. The number of aromatic nitrogens is 2. The number of fused-ring (bicyclic) bond motifs is 1. The molecule has 0 aliphatic heterocycles. The molecule has 13 heavy (non-hydrogen) atoms. The minimum Gasteiger partial charge on any atom is -0.360 e. The van der Waals surface area contributed by atoms with E-state index in [9.17, 15) is 0 Å². The van der Waals surface area contributed by atoms with Crippen molar-refractivity contribution in [1.29, 1.82) is 0 Å². The number of pyridine rings is 1. The van der Waals surface area contributed by atoms with E-state index in [0.29, 0.717) is 0 Å². The van der Waals surface area contributed by atoms with Crippen LogP contribution in [-0.2, 0) is 6.42 Å². The number of nitrogens with zero attached hydrogens (tertiary/aromatic N) is 1. The Kier molecular flexibility index (Phi) is 2.02. The largest absolute Gasteiger partial charge is 0.360 e. The first-order chi connectivity index (χ1) is 6.27. The molecule has 0 radical (unpaired) electrons. The molecule has 1 atom stereocenters. The second kappa shape index (κ2) is 3.18. The lowest BCUT2D eigenvalue weighted by Crippen LogP contribution is -2.17. The predicted octanol–water partition coefficient (Wildman–Crippen LogP) is 1.45. The Morgan fingerprint density at radius 1 is 1.62 bits per heavy atom. The van der Waals surface area contributed by atoms with Gasteiger partial charge in [0, 0.05) is 18.4 Å². The molecule has 3 N–H and O–H groups in total. The Morgan fingerprint density at radius 2 is 2.46 bits per heavy atom. The van der Waals surface area contributed by atoms with Crippen LogP contribution in [0.2, 0.25) is 0 Å². The fourth-order valence-electron chi connectivity index (χ4n) is 1.51. The maximum Gasteiger partial charge on any atom is 0.0911 e. The lowest BCUT2D eigenvalue weighted by atomic mass is 10.1. The number of H-pyrrole nitrogens is 1. The van der Waals surface area contributed by atoms with Crippen molar-refractivity contribution in [2.75, 3.05) is 0 Å². The minimum absolute atomic E-state index is 0.181. The molecule has 3 heteroatoms. The quantitative estimate of drug-likeness (QED) is 0.725. The number of nitrogens with one attached hydrogen (secondary N) is 1. The number of aromatic amines is 1. The van der Waals surface area contributed by atoms with E-state index < -0.39 is 0 Å². The van der Waals surface area contributed by atoms with Gasteiger partial charge in [-0.1, -0.05) is 0 Å². The Balaban J connectivity index is 2.46. The minimum atomic E-state index is 0.181. The van der Waals surface area contributed by atoms with Crippen molar-refractivity contribution in [2.24, 2.45) is 5.73 Å². The lowest BCUT2D eigenvalue weighted by Gasteiger charge is -2.01. The molecule has 2 rings (SSSR count). The highest BCUT2D eigenvalue weighted by atomic mass is 14.8. The first-order valence-corrected chi connectivity index (χ1v) is 4.44. The maximum atomic E-state index is 5.73. The van der Waals surface area contributed by atoms with Crippen molar-refractivity contribution in [3.05, 3.63) is 30.1 Å². The second-order valence-electron chi connectivity index (χ2n) is 3.39. The predicted molar refractivity (Wildman–Crippen MR) is 53.4 cm³/mol. The summed E-state index contributed by atoms with van der Waals surface area (Å²) in [5.41, 5.74) is 9.06. The van der Waals surface area contributed by atoms with E-state index in [4.69, 9.17) is 5.73 Å². The summed E-state index contributed by atoms with van der Waals surface area (Å²) in [5.74, 6) is 0. The lowest BCUT2D eigenvalue weighted by molar-refractivity contribution is 0.740. The van der Waals surface area contributed by atoms with Crippen molar-refractivity contribution < 1.29 is 0 Å². The summed E-state index contributed by atoms with van der Waals surface area (Å²) in [6, 6.07) is 4.13. The SMILES string of the molecule is CC(N)Cc1c[nH]c2cccnc12. The van der Waals surface area contributed by atoms with E-state index in [1.165, 1.54) is 5.56 Å². The van der Waals surface area contributed by atoms with Gasteiger partial charge in [-0.25, -0.2) is 0 Å². The van der Waals surface area contributed by atoms with Crippen LogP contribution in [0.3, 0.4) is 0 Å². The van der Waals surface area contributed by atoms with Crippen LogP contribution in [0.15, 0.2) is 24.5 Å². The zero-order valence-electron chi connectivity index (χ0n) is 7.62. The third kappa shape index (κ3) is 1.55. The zero-order chi connectivity index (χ0) is 9.26. The van der Waals surface area contributed by atoms with Gasteiger partial charge in [-0.05, 0) is 31.0 Å². The van der Waals surface area contributed by atoms with Gasteiger partial charge in [0.2, 0.25) is 0 Å². The molecule has 0 spiro atoms. The maximum absolute atomic E-state index is 5.73. The topological polar surface area (TPSA) is 54.7 Å². The smallest absolute Gasteiger partial charge is 0.0911 e. The molecule has 0 aliphatic rings. The fraction of sp³-hybridized carbons (Fsp3) is 0.300. The van der Waals surface area contributed by atoms with Crippen molar-refractivity contribution in [2.45, 2.75) is 19.4 Å². The molecule has 0 saturated heterocycles. The Hall–Kier alpha value is -1.35. The van der Waals surface area contributed by atoms with Gasteiger partial charge in [0.25, 0.3) is 0 Å². The Labute approximate surface area is 77.0 Å². The van der Waals surface area contributed by atoms with Crippen LogP contribution in [0.25, 0.3) is 11.0 Å². The third-order valence-corrected chi connectivity index (χ3v) is 2.06. The first kappa shape index (κ1) is 8.26. The van der Waals surface area contributed by atoms with Gasteiger partial charge in [0.1, 0.15) is 0 Å². The van der Waals surface area contributed by atoms with Crippen LogP contribution in [0.5, 0.6) is 0 Å². The Bertz CT molecular complexity index is 403. The van der Waals surface area contributed by atoms with Gasteiger partial charge >= 0.3 is 0 Å². The van der Waals surface area contributed by atoms with Crippen molar-refractivity contribution in [3.63, 3.8) is 0 Å². The van der Waals surface area contributed by atoms with Crippen LogP contribution in [-0.4, -0.2) is 16.0 Å². The molecular formula is C10H13N3. The van der Waals surface area contributed by atoms with Crippen LogP contribution >= 0.6 is 0 Å². The van der Waals surface area contributed by atoms with Gasteiger partial charge in [-0.3, -0.25) is 4.98 Å². The average Bonchev–Trinajstić information content (AvgIpc) is 2.48. The molecule has 68 valence electrons. The fourth-order valence-corrected chi connectivity index (χ4v) is 1.51. The summed E-state index contributed by atoms with van der Waals surface area (Å²) >= 11 is 0. The van der Waals surface area contributed by atoms with Gasteiger partial charge < -0.3 is 10.7 Å². The molecule has 0 aromatic carbocycles. The molecule has 2 aromatic rings. The molecule has 3 nitrogen and oxygen atoms in total. The third-order valence-electron chi connectivity index (χ3n) is 2.06. The monoisotopic (exact) mass is 175 g/mol. The standard InChI is InChI=1S/C10H13N3/c1-7(11)5-8-6-13-9-3-2-4-12-10(8)9/h2-4,6-7,13H,5,11H2,1H3. The summed E-state index contributed by atoms with van der Waals surface area (Å²) in [4.78, 5) is 7.48. The molecule has 0 saturated carbocycles. The first-order valence-electron chi connectivity index (χ1n) is 4.44. The van der Waals surface area contributed by atoms with E-state index in [0.717, 1.165) is 17.5 Å². The Morgan fingerprint density at radius 3 is 3.23 bits per heavy atom. The van der Waals surface area contributed by atoms with Crippen molar-refractivity contribution in [3.8, 4) is 0 Å². The molecule has 0 fully saturated rings. The highest BCUT2D eigenvalue weighted by Gasteiger charge is 2.05. The summed E-state index contributed by atoms with van der Waals surface area (Å²) in [7, 11) is 0. The van der Waals surface area contributed by atoms with Gasteiger partial charge in [0.05, 0.1) is 11.0 Å². The normalized spacial score (nSPS) is 13.4. The molecule has 2 heterocycles. The van der Waals surface area contributed by atoms with E-state index in [-0.39, 0.29) is 6.04 Å². The molecule has 1 unspecified atom stereocenters. The number of rotatable bonds is 2. The molecule has 0 amide bonds. The van der Waals surface area contributed by atoms with Crippen LogP contribution in [0, 0.1) is 0 Å². The summed E-state index contributed by atoms with van der Waals surface area (Å²) < 4.78 is 0. The van der Waals surface area contributed by atoms with Crippen LogP contribution in [0.1, 0.15) is 12.5 Å².